The van der Waals surface area contributed by atoms with Gasteiger partial charge in [-0.05, 0) is 61.9 Å². The lowest BCUT2D eigenvalue weighted by atomic mass is 9.72. The Balaban J connectivity index is 1.61. The number of benzene rings is 1. The van der Waals surface area contributed by atoms with E-state index in [4.69, 9.17) is 0 Å². The molecule has 3 heterocycles. The summed E-state index contributed by atoms with van der Waals surface area (Å²) in [4.78, 5) is 20.0. The van der Waals surface area contributed by atoms with Crippen molar-refractivity contribution in [1.82, 2.24) is 20.2 Å². The van der Waals surface area contributed by atoms with Gasteiger partial charge < -0.3 is 20.1 Å². The van der Waals surface area contributed by atoms with E-state index in [1.54, 1.807) is 6.20 Å². The van der Waals surface area contributed by atoms with E-state index in [-0.39, 0.29) is 11.5 Å². The van der Waals surface area contributed by atoms with E-state index >= 15 is 0 Å². The number of nitriles is 1. The van der Waals surface area contributed by atoms with Crippen LogP contribution in [0.1, 0.15) is 29.5 Å². The number of anilines is 1. The highest BCUT2D eigenvalue weighted by molar-refractivity contribution is 5.88. The number of piperidine rings is 1. The summed E-state index contributed by atoms with van der Waals surface area (Å²) in [7, 11) is 3.75. The number of nitrogens with zero attached hydrogens (tertiary/aromatic N) is 4. The monoisotopic (exact) mass is 510 g/mol. The van der Waals surface area contributed by atoms with E-state index in [0.29, 0.717) is 44.7 Å². The van der Waals surface area contributed by atoms with E-state index in [1.165, 1.54) is 6.07 Å². The maximum atomic E-state index is 13.5. The average Bonchev–Trinajstić information content (AvgIpc) is 3.33. The Labute approximate surface area is 213 Å². The second-order valence-electron chi connectivity index (χ2n) is 9.21. The van der Waals surface area contributed by atoms with Crippen LogP contribution >= 0.6 is 0 Å². The number of halogens is 3. The van der Waals surface area contributed by atoms with E-state index in [9.17, 15) is 23.2 Å². The van der Waals surface area contributed by atoms with E-state index in [2.05, 4.69) is 15.6 Å². The highest BCUT2D eigenvalue weighted by Crippen LogP contribution is 2.39. The maximum absolute atomic E-state index is 13.5. The minimum Gasteiger partial charge on any atom is -0.370 e. The molecule has 194 valence electrons. The number of alkyl halides is 3. The van der Waals surface area contributed by atoms with Crippen LogP contribution in [0, 0.1) is 11.3 Å². The lowest BCUT2D eigenvalue weighted by Gasteiger charge is -2.42. The molecule has 0 aliphatic carbocycles. The Morgan fingerprint density at radius 2 is 1.92 bits per heavy atom. The van der Waals surface area contributed by atoms with E-state index in [1.807, 2.05) is 60.1 Å². The molecule has 0 bridgehead atoms. The minimum absolute atomic E-state index is 0.0330. The zero-order valence-corrected chi connectivity index (χ0v) is 20.8. The molecular weight excluding hydrogens is 481 g/mol. The predicted octanol–water partition coefficient (Wildman–Crippen LogP) is 3.85. The molecule has 0 unspecified atom stereocenters. The Bertz CT molecular complexity index is 1280. The van der Waals surface area contributed by atoms with Crippen LogP contribution in [0.15, 0.2) is 54.9 Å². The van der Waals surface area contributed by atoms with Crippen molar-refractivity contribution in [3.8, 4) is 17.5 Å². The van der Waals surface area contributed by atoms with Gasteiger partial charge in [0.2, 0.25) is 5.91 Å². The summed E-state index contributed by atoms with van der Waals surface area (Å²) >= 11 is 0. The van der Waals surface area contributed by atoms with Crippen LogP contribution in [0.2, 0.25) is 0 Å². The minimum atomic E-state index is -4.52. The van der Waals surface area contributed by atoms with Crippen LogP contribution in [0.5, 0.6) is 0 Å². The molecule has 0 atom stereocenters. The lowest BCUT2D eigenvalue weighted by Crippen LogP contribution is -2.52. The number of aryl methyl sites for hydroxylation is 1. The smallest absolute Gasteiger partial charge is 0.370 e. The van der Waals surface area contributed by atoms with Crippen molar-refractivity contribution in [2.45, 2.75) is 24.4 Å². The van der Waals surface area contributed by atoms with Gasteiger partial charge in [0.15, 0.2) is 0 Å². The molecule has 0 spiro atoms. The second-order valence-corrected chi connectivity index (χ2v) is 9.21. The molecular formula is C27H29F3N6O. The molecule has 1 saturated heterocycles. The van der Waals surface area contributed by atoms with Gasteiger partial charge in [-0.15, -0.1) is 0 Å². The Morgan fingerprint density at radius 3 is 2.49 bits per heavy atom. The Kier molecular flexibility index (Phi) is 7.55. The first-order valence-electron chi connectivity index (χ1n) is 12.1. The zero-order chi connectivity index (χ0) is 26.6. The number of hydrogen-bond acceptors (Lipinski definition) is 5. The van der Waals surface area contributed by atoms with Crippen molar-refractivity contribution in [3.05, 3.63) is 71.5 Å². The van der Waals surface area contributed by atoms with Crippen LogP contribution in [0.3, 0.4) is 0 Å². The highest BCUT2D eigenvalue weighted by atomic mass is 19.4. The van der Waals surface area contributed by atoms with Crippen molar-refractivity contribution in [2.24, 2.45) is 7.05 Å². The number of pyridine rings is 1. The number of aromatic nitrogens is 2. The standard InChI is InChI=1S/C27H29F3N6O/c1-32-11-12-33-25(37)26(21-5-7-22(34-18-21)24-4-3-13-35(24)2)9-14-36(15-10-26)23-8-6-20(27(28,29)30)16-19(23)17-31/h3-8,13,16,18,32H,9-12,14-15H2,1-2H3,(H,33,37). The van der Waals surface area contributed by atoms with E-state index < -0.39 is 17.2 Å². The first-order chi connectivity index (χ1) is 17.7. The summed E-state index contributed by atoms with van der Waals surface area (Å²) in [5.41, 5.74) is 1.25. The largest absolute Gasteiger partial charge is 0.416 e. The molecule has 37 heavy (non-hydrogen) atoms. The van der Waals surface area contributed by atoms with Crippen molar-refractivity contribution in [2.75, 3.05) is 38.1 Å². The maximum Gasteiger partial charge on any atom is 0.416 e. The third kappa shape index (κ3) is 5.32. The number of carbonyl (C=O) groups is 1. The quantitative estimate of drug-likeness (QED) is 0.472. The van der Waals surface area contributed by atoms with Crippen LogP contribution in [-0.2, 0) is 23.4 Å². The summed E-state index contributed by atoms with van der Waals surface area (Å²) in [5.74, 6) is -0.108. The van der Waals surface area contributed by atoms with Gasteiger partial charge in [0.1, 0.15) is 6.07 Å². The predicted molar refractivity (Wildman–Crippen MR) is 135 cm³/mol. The van der Waals surface area contributed by atoms with Crippen molar-refractivity contribution in [3.63, 3.8) is 0 Å². The fraction of sp³-hybridized carbons (Fsp3) is 0.370. The van der Waals surface area contributed by atoms with Gasteiger partial charge in [-0.25, -0.2) is 0 Å². The molecule has 1 aliphatic heterocycles. The Hall–Kier alpha value is -3.84. The van der Waals surface area contributed by atoms with Gasteiger partial charge in [-0.1, -0.05) is 6.07 Å². The molecule has 2 aromatic heterocycles. The molecule has 2 N–H and O–H groups in total. The van der Waals surface area contributed by atoms with Gasteiger partial charge in [-0.2, -0.15) is 18.4 Å². The SMILES string of the molecule is CNCCNC(=O)C1(c2ccc(-c3cccn3C)nc2)CCN(c2ccc(C(F)(F)F)cc2C#N)CC1. The number of nitrogens with one attached hydrogen (secondary N) is 2. The molecule has 0 radical (unpaired) electrons. The fourth-order valence-corrected chi connectivity index (χ4v) is 4.88. The second kappa shape index (κ2) is 10.6. The average molecular weight is 511 g/mol. The molecule has 7 nitrogen and oxygen atoms in total. The summed E-state index contributed by atoms with van der Waals surface area (Å²) < 4.78 is 41.4. The first kappa shape index (κ1) is 26.2. The van der Waals surface area contributed by atoms with Crippen molar-refractivity contribution < 1.29 is 18.0 Å². The van der Waals surface area contributed by atoms with Crippen LogP contribution in [0.4, 0.5) is 18.9 Å². The number of likely N-dealkylation sites (N-methyl/N-ethyl adjacent to an activating group) is 1. The summed E-state index contributed by atoms with van der Waals surface area (Å²) in [6.45, 7) is 1.89. The molecule has 1 amide bonds. The normalized spacial score (nSPS) is 15.3. The van der Waals surface area contributed by atoms with Gasteiger partial charge in [0.25, 0.3) is 0 Å². The summed E-state index contributed by atoms with van der Waals surface area (Å²) in [5, 5.41) is 15.6. The van der Waals surface area contributed by atoms with Crippen molar-refractivity contribution >= 4 is 11.6 Å². The molecule has 1 aliphatic rings. The summed E-state index contributed by atoms with van der Waals surface area (Å²) in [6, 6.07) is 12.9. The number of hydrogen-bond donors (Lipinski definition) is 2. The van der Waals surface area contributed by atoms with Crippen molar-refractivity contribution in [1.29, 1.82) is 5.26 Å². The molecule has 10 heteroatoms. The molecule has 1 aromatic carbocycles. The molecule has 3 aromatic rings. The third-order valence-electron chi connectivity index (χ3n) is 7.02. The van der Waals surface area contributed by atoms with Crippen LogP contribution in [-0.4, -0.2) is 48.7 Å². The molecule has 1 fully saturated rings. The summed E-state index contributed by atoms with van der Waals surface area (Å²) in [6.07, 6.45) is 0.0126. The Morgan fingerprint density at radius 1 is 1.16 bits per heavy atom. The van der Waals surface area contributed by atoms with Gasteiger partial charge in [-0.3, -0.25) is 9.78 Å². The third-order valence-corrected chi connectivity index (χ3v) is 7.02. The fourth-order valence-electron chi connectivity index (χ4n) is 4.88. The topological polar surface area (TPSA) is 86.0 Å². The molecule has 0 saturated carbocycles. The number of carbonyl (C=O) groups excluding carboxylic acids is 1. The van der Waals surface area contributed by atoms with E-state index in [0.717, 1.165) is 29.1 Å². The zero-order valence-electron chi connectivity index (χ0n) is 20.8. The van der Waals surface area contributed by atoms with Gasteiger partial charge in [0.05, 0.1) is 33.6 Å². The number of amides is 1. The highest BCUT2D eigenvalue weighted by Gasteiger charge is 2.43. The van der Waals surface area contributed by atoms with Crippen LogP contribution < -0.4 is 15.5 Å². The molecule has 4 rings (SSSR count). The van der Waals surface area contributed by atoms with Gasteiger partial charge >= 0.3 is 6.18 Å². The number of rotatable bonds is 7. The lowest BCUT2D eigenvalue weighted by molar-refractivity contribution is -0.137. The first-order valence-corrected chi connectivity index (χ1v) is 12.1. The van der Waals surface area contributed by atoms with Gasteiger partial charge in [0, 0.05) is 45.6 Å². The van der Waals surface area contributed by atoms with Crippen LogP contribution in [0.25, 0.3) is 11.4 Å².